The molecular weight excluding hydrogens is 389 g/mol. The molecule has 0 radical (unpaired) electrons. The molecule has 156 valence electrons. The van der Waals surface area contributed by atoms with Crippen molar-refractivity contribution in [1.82, 2.24) is 15.3 Å². The molecule has 3 amide bonds. The van der Waals surface area contributed by atoms with E-state index in [2.05, 4.69) is 31.2 Å². The van der Waals surface area contributed by atoms with Gasteiger partial charge in [0.2, 0.25) is 11.9 Å². The van der Waals surface area contributed by atoms with Gasteiger partial charge in [0.05, 0.1) is 12.1 Å². The number of fused-ring (bicyclic) bond motifs is 5. The molecule has 5 rings (SSSR count). The first-order chi connectivity index (χ1) is 14.5. The number of carbonyl (C=O) groups is 2. The number of amides is 3. The average Bonchev–Trinajstić information content (AvgIpc) is 3.27. The van der Waals surface area contributed by atoms with E-state index in [1.807, 2.05) is 0 Å². The Labute approximate surface area is 172 Å². The normalized spacial score (nSPS) is 29.5. The number of urea groups is 1. The Morgan fingerprint density at radius 1 is 1.17 bits per heavy atom. The molecule has 10 heteroatoms. The van der Waals surface area contributed by atoms with Crippen LogP contribution in [0.1, 0.15) is 12.8 Å². The number of nitrogens with zero attached hydrogens (tertiary/aromatic N) is 2. The van der Waals surface area contributed by atoms with Crippen LogP contribution in [0.25, 0.3) is 0 Å². The van der Waals surface area contributed by atoms with E-state index in [1.54, 1.807) is 24.3 Å². The Morgan fingerprint density at radius 2 is 1.97 bits per heavy atom. The van der Waals surface area contributed by atoms with Crippen LogP contribution in [0.2, 0.25) is 0 Å². The summed E-state index contributed by atoms with van der Waals surface area (Å²) in [6.45, 7) is 0.464. The summed E-state index contributed by atoms with van der Waals surface area (Å²) >= 11 is 0. The summed E-state index contributed by atoms with van der Waals surface area (Å²) in [6.07, 6.45) is 2.69. The zero-order chi connectivity index (χ0) is 20.8. The number of hydrogen-bond acceptors (Lipinski definition) is 6. The second kappa shape index (κ2) is 7.12. The lowest BCUT2D eigenvalue weighted by molar-refractivity contribution is -0.123. The van der Waals surface area contributed by atoms with Gasteiger partial charge in [-0.1, -0.05) is 6.07 Å². The van der Waals surface area contributed by atoms with Crippen LogP contribution in [0.4, 0.5) is 32.3 Å². The molecule has 5 atom stereocenters. The number of rotatable bonds is 1. The maximum Gasteiger partial charge on any atom is 0.319 e. The van der Waals surface area contributed by atoms with E-state index in [4.69, 9.17) is 5.73 Å². The molecule has 1 aromatic carbocycles. The van der Waals surface area contributed by atoms with Crippen molar-refractivity contribution in [2.45, 2.75) is 18.9 Å². The molecular formula is C20H22FN7O2. The van der Waals surface area contributed by atoms with Gasteiger partial charge in [0.15, 0.2) is 11.6 Å². The zero-order valence-electron chi connectivity index (χ0n) is 16.1. The minimum atomic E-state index is -0.601. The van der Waals surface area contributed by atoms with E-state index in [9.17, 15) is 14.0 Å². The molecule has 1 unspecified atom stereocenters. The van der Waals surface area contributed by atoms with E-state index in [1.165, 1.54) is 0 Å². The van der Waals surface area contributed by atoms with Gasteiger partial charge >= 0.3 is 6.03 Å². The average molecular weight is 411 g/mol. The summed E-state index contributed by atoms with van der Waals surface area (Å²) in [4.78, 5) is 32.8. The van der Waals surface area contributed by atoms with Gasteiger partial charge in [-0.2, -0.15) is 4.98 Å². The number of nitrogens with one attached hydrogen (secondary N) is 4. The fourth-order valence-electron chi connectivity index (χ4n) is 5.22. The van der Waals surface area contributed by atoms with Crippen molar-refractivity contribution in [3.05, 3.63) is 36.3 Å². The molecule has 2 heterocycles. The van der Waals surface area contributed by atoms with Crippen LogP contribution >= 0.6 is 0 Å². The molecule has 9 nitrogen and oxygen atoms in total. The van der Waals surface area contributed by atoms with Gasteiger partial charge in [-0.05, 0) is 48.8 Å². The van der Waals surface area contributed by atoms with Gasteiger partial charge < -0.3 is 27.0 Å². The smallest absolute Gasteiger partial charge is 0.319 e. The van der Waals surface area contributed by atoms with Crippen molar-refractivity contribution < 1.29 is 14.0 Å². The van der Waals surface area contributed by atoms with Crippen molar-refractivity contribution >= 4 is 35.1 Å². The van der Waals surface area contributed by atoms with E-state index < -0.39 is 17.6 Å². The molecule has 3 aliphatic rings. The van der Waals surface area contributed by atoms with Crippen LogP contribution in [0.3, 0.4) is 0 Å². The fraction of sp³-hybridized carbons (Fsp3) is 0.400. The lowest BCUT2D eigenvalue weighted by atomic mass is 9.77. The molecule has 1 aliphatic heterocycles. The number of benzene rings is 1. The number of halogens is 1. The van der Waals surface area contributed by atoms with Gasteiger partial charge in [0, 0.05) is 24.0 Å². The summed E-state index contributed by atoms with van der Waals surface area (Å²) < 4.78 is 14.5. The molecule has 2 fully saturated rings. The minimum Gasteiger partial charge on any atom is -0.369 e. The van der Waals surface area contributed by atoms with Crippen molar-refractivity contribution in [2.24, 2.45) is 29.4 Å². The SMILES string of the molecule is NC(=O)[C@H]1[C@H]2CC3CNC(=O)Nc4cccc(c4)Nc4ncc(F)c(n4)N[C@@H]1[C@@H]3C2. The summed E-state index contributed by atoms with van der Waals surface area (Å²) in [5.41, 5.74) is 6.92. The highest BCUT2D eigenvalue weighted by molar-refractivity contribution is 5.90. The third kappa shape index (κ3) is 3.27. The van der Waals surface area contributed by atoms with Crippen LogP contribution in [0, 0.1) is 29.5 Å². The predicted octanol–water partition coefficient (Wildman–Crippen LogP) is 2.03. The highest BCUT2D eigenvalue weighted by Gasteiger charge is 2.54. The van der Waals surface area contributed by atoms with Crippen molar-refractivity contribution in [3.63, 3.8) is 0 Å². The largest absolute Gasteiger partial charge is 0.369 e. The molecule has 2 aromatic rings. The zero-order valence-corrected chi connectivity index (χ0v) is 16.1. The molecule has 1 aromatic heterocycles. The van der Waals surface area contributed by atoms with Crippen LogP contribution in [-0.4, -0.2) is 34.5 Å². The maximum absolute atomic E-state index is 14.5. The third-order valence-corrected chi connectivity index (χ3v) is 6.42. The molecule has 6 bridgehead atoms. The van der Waals surface area contributed by atoms with E-state index in [-0.39, 0.29) is 41.6 Å². The van der Waals surface area contributed by atoms with Gasteiger partial charge in [0.25, 0.3) is 0 Å². The number of carbonyl (C=O) groups excluding carboxylic acids is 2. The Kier molecular flexibility index (Phi) is 4.41. The van der Waals surface area contributed by atoms with Crippen molar-refractivity contribution in [3.8, 4) is 0 Å². The summed E-state index contributed by atoms with van der Waals surface area (Å²) in [5, 5.41) is 11.9. The maximum atomic E-state index is 14.5. The van der Waals surface area contributed by atoms with Gasteiger partial charge in [-0.25, -0.2) is 14.2 Å². The molecule has 30 heavy (non-hydrogen) atoms. The van der Waals surface area contributed by atoms with Crippen LogP contribution in [-0.2, 0) is 4.79 Å². The fourth-order valence-corrected chi connectivity index (χ4v) is 5.22. The predicted molar refractivity (Wildman–Crippen MR) is 109 cm³/mol. The van der Waals surface area contributed by atoms with Crippen molar-refractivity contribution in [2.75, 3.05) is 22.5 Å². The van der Waals surface area contributed by atoms with Crippen molar-refractivity contribution in [1.29, 1.82) is 0 Å². The van der Waals surface area contributed by atoms with Crippen LogP contribution in [0.5, 0.6) is 0 Å². The first-order valence-electron chi connectivity index (χ1n) is 9.98. The first-order valence-corrected chi connectivity index (χ1v) is 9.98. The first kappa shape index (κ1) is 18.6. The second-order valence-corrected chi connectivity index (χ2v) is 8.18. The van der Waals surface area contributed by atoms with E-state index >= 15 is 0 Å². The minimum absolute atomic E-state index is 0.0308. The number of primary amides is 1. The third-order valence-electron chi connectivity index (χ3n) is 6.42. The summed E-state index contributed by atoms with van der Waals surface area (Å²) in [7, 11) is 0. The molecule has 2 aliphatic carbocycles. The monoisotopic (exact) mass is 411 g/mol. The van der Waals surface area contributed by atoms with Gasteiger partial charge in [0.1, 0.15) is 0 Å². The number of nitrogens with two attached hydrogens (primary N) is 1. The van der Waals surface area contributed by atoms with Crippen LogP contribution in [0.15, 0.2) is 30.5 Å². The Balaban J connectivity index is 1.53. The molecule has 0 saturated heterocycles. The van der Waals surface area contributed by atoms with Gasteiger partial charge in [-0.3, -0.25) is 4.79 Å². The summed E-state index contributed by atoms with van der Waals surface area (Å²) in [5.74, 6) is -0.835. The number of anilines is 4. The highest BCUT2D eigenvalue weighted by Crippen LogP contribution is 2.52. The standard InChI is InChI=1S/C20H22FN7O2/c21-14-8-23-19-25-11-2-1-3-12(6-11)26-20(30)24-7-10-4-9-5-13(10)16(15(9)17(22)29)27-18(14)28-19/h1-3,6,8-10,13,15-16H,4-5,7H2,(H2,22,29)(H2,24,26,30)(H2,23,25,27,28)/t9-,10?,13+,15-,16+/m0/s1. The summed E-state index contributed by atoms with van der Waals surface area (Å²) in [6, 6.07) is 6.41. The molecule has 2 saturated carbocycles. The van der Waals surface area contributed by atoms with E-state index in [0.29, 0.717) is 17.9 Å². The second-order valence-electron chi connectivity index (χ2n) is 8.18. The topological polar surface area (TPSA) is 134 Å². The lowest BCUT2D eigenvalue weighted by Gasteiger charge is -2.35. The van der Waals surface area contributed by atoms with E-state index in [0.717, 1.165) is 19.0 Å². The van der Waals surface area contributed by atoms with Crippen LogP contribution < -0.4 is 27.0 Å². The highest BCUT2D eigenvalue weighted by atomic mass is 19.1. The lowest BCUT2D eigenvalue weighted by Crippen LogP contribution is -2.47. The Hall–Kier alpha value is -3.43. The Bertz CT molecular complexity index is 1020. The number of hydrogen-bond donors (Lipinski definition) is 5. The van der Waals surface area contributed by atoms with Gasteiger partial charge in [-0.15, -0.1) is 0 Å². The quantitative estimate of drug-likeness (QED) is 0.487. The Morgan fingerprint density at radius 3 is 2.77 bits per heavy atom. The molecule has 6 N–H and O–H groups in total. The molecule has 0 spiro atoms. The number of aromatic nitrogens is 2.